The Labute approximate surface area is 108 Å². The maximum Gasteiger partial charge on any atom is 0.317 e. The van der Waals surface area contributed by atoms with Gasteiger partial charge in [-0.1, -0.05) is 6.92 Å². The molecule has 0 saturated carbocycles. The van der Waals surface area contributed by atoms with Crippen LogP contribution in [0.2, 0.25) is 0 Å². The summed E-state index contributed by atoms with van der Waals surface area (Å²) < 4.78 is 26.6. The zero-order valence-electron chi connectivity index (χ0n) is 10.2. The number of benzene rings is 1. The molecular weight excluding hydrogens is 256 g/mol. The molecular formula is C13H13F2NO3. The molecule has 6 heteroatoms. The van der Waals surface area contributed by atoms with Gasteiger partial charge in [-0.3, -0.25) is 9.59 Å². The van der Waals surface area contributed by atoms with Crippen molar-refractivity contribution in [2.24, 2.45) is 5.92 Å². The van der Waals surface area contributed by atoms with Gasteiger partial charge in [-0.05, 0) is 24.1 Å². The van der Waals surface area contributed by atoms with Gasteiger partial charge in [-0.15, -0.1) is 0 Å². The van der Waals surface area contributed by atoms with Gasteiger partial charge < -0.3 is 10.4 Å². The Hall–Kier alpha value is -1.98. The Morgan fingerprint density at radius 3 is 2.47 bits per heavy atom. The molecule has 102 valence electrons. The van der Waals surface area contributed by atoms with Crippen molar-refractivity contribution in [3.63, 3.8) is 0 Å². The number of carbonyl (C=O) groups excluding carboxylic acids is 1. The molecule has 19 heavy (non-hydrogen) atoms. The normalized spacial score (nSPS) is 26.3. The summed E-state index contributed by atoms with van der Waals surface area (Å²) in [4.78, 5) is 22.9. The number of hydrogen-bond acceptors (Lipinski definition) is 2. The molecule has 1 aromatic carbocycles. The van der Waals surface area contributed by atoms with E-state index >= 15 is 0 Å². The van der Waals surface area contributed by atoms with Crippen LogP contribution in [-0.2, 0) is 15.0 Å². The highest BCUT2D eigenvalue weighted by Gasteiger charge is 2.52. The number of carbonyl (C=O) groups is 2. The highest BCUT2D eigenvalue weighted by Crippen LogP contribution is 2.40. The molecule has 2 rings (SSSR count). The van der Waals surface area contributed by atoms with E-state index in [1.54, 1.807) is 6.92 Å². The molecule has 2 unspecified atom stereocenters. The Morgan fingerprint density at radius 2 is 2.00 bits per heavy atom. The number of carboxylic acid groups (broad SMARTS) is 1. The third-order valence-corrected chi connectivity index (χ3v) is 3.71. The zero-order chi connectivity index (χ0) is 14.2. The van der Waals surface area contributed by atoms with Crippen molar-refractivity contribution in [3.05, 3.63) is 35.4 Å². The first-order valence-corrected chi connectivity index (χ1v) is 5.88. The minimum Gasteiger partial charge on any atom is -0.481 e. The number of hydrogen-bond donors (Lipinski definition) is 2. The SMILES string of the molecule is CCC1(c2cc(F)cc(F)c2)CNC(=O)C1C(=O)O. The molecule has 1 aliphatic heterocycles. The number of amides is 1. The largest absolute Gasteiger partial charge is 0.481 e. The van der Waals surface area contributed by atoms with Gasteiger partial charge in [0, 0.05) is 18.0 Å². The second-order valence-corrected chi connectivity index (χ2v) is 4.66. The highest BCUT2D eigenvalue weighted by atomic mass is 19.1. The summed E-state index contributed by atoms with van der Waals surface area (Å²) in [7, 11) is 0. The maximum atomic E-state index is 13.3. The molecule has 0 aliphatic carbocycles. The molecule has 1 heterocycles. The molecule has 1 saturated heterocycles. The van der Waals surface area contributed by atoms with E-state index in [0.717, 1.165) is 12.1 Å². The molecule has 1 aliphatic rings. The van der Waals surface area contributed by atoms with Crippen molar-refractivity contribution in [2.75, 3.05) is 6.54 Å². The number of rotatable bonds is 3. The smallest absolute Gasteiger partial charge is 0.317 e. The van der Waals surface area contributed by atoms with E-state index in [9.17, 15) is 23.5 Å². The van der Waals surface area contributed by atoms with Gasteiger partial charge in [-0.25, -0.2) is 8.78 Å². The summed E-state index contributed by atoms with van der Waals surface area (Å²) >= 11 is 0. The van der Waals surface area contributed by atoms with E-state index in [1.807, 2.05) is 0 Å². The number of aliphatic carboxylic acids is 1. The van der Waals surface area contributed by atoms with Crippen molar-refractivity contribution in [1.29, 1.82) is 0 Å². The van der Waals surface area contributed by atoms with Crippen LogP contribution in [0.25, 0.3) is 0 Å². The van der Waals surface area contributed by atoms with E-state index in [0.29, 0.717) is 6.07 Å². The Balaban J connectivity index is 2.59. The van der Waals surface area contributed by atoms with Crippen LogP contribution in [0.3, 0.4) is 0 Å². The van der Waals surface area contributed by atoms with E-state index in [2.05, 4.69) is 5.32 Å². The second-order valence-electron chi connectivity index (χ2n) is 4.66. The quantitative estimate of drug-likeness (QED) is 0.816. The van der Waals surface area contributed by atoms with Crippen molar-refractivity contribution >= 4 is 11.9 Å². The minimum atomic E-state index is -1.33. The lowest BCUT2D eigenvalue weighted by atomic mass is 9.70. The molecule has 2 N–H and O–H groups in total. The zero-order valence-corrected chi connectivity index (χ0v) is 10.2. The topological polar surface area (TPSA) is 66.4 Å². The Kier molecular flexibility index (Phi) is 3.26. The van der Waals surface area contributed by atoms with Crippen molar-refractivity contribution < 1.29 is 23.5 Å². The fourth-order valence-electron chi connectivity index (χ4n) is 2.69. The monoisotopic (exact) mass is 269 g/mol. The first kappa shape index (κ1) is 13.5. The van der Waals surface area contributed by atoms with E-state index in [1.165, 1.54) is 0 Å². The van der Waals surface area contributed by atoms with Crippen LogP contribution in [-0.4, -0.2) is 23.5 Å². The van der Waals surface area contributed by atoms with Crippen molar-refractivity contribution in [2.45, 2.75) is 18.8 Å². The molecule has 0 bridgehead atoms. The fraction of sp³-hybridized carbons (Fsp3) is 0.385. The van der Waals surface area contributed by atoms with Gasteiger partial charge in [0.15, 0.2) is 0 Å². The van der Waals surface area contributed by atoms with Crippen LogP contribution in [0.5, 0.6) is 0 Å². The number of nitrogens with one attached hydrogen (secondary N) is 1. The van der Waals surface area contributed by atoms with Gasteiger partial charge in [0.2, 0.25) is 5.91 Å². The maximum absolute atomic E-state index is 13.3. The minimum absolute atomic E-state index is 0.0577. The number of halogens is 2. The second kappa shape index (κ2) is 4.60. The summed E-state index contributed by atoms with van der Waals surface area (Å²) in [5, 5.41) is 11.7. The average Bonchev–Trinajstić information content (AvgIpc) is 2.66. The van der Waals surface area contributed by atoms with Crippen LogP contribution >= 0.6 is 0 Å². The predicted molar refractivity (Wildman–Crippen MR) is 62.5 cm³/mol. The lowest BCUT2D eigenvalue weighted by molar-refractivity contribution is -0.147. The highest BCUT2D eigenvalue weighted by molar-refractivity contribution is 6.01. The summed E-state index contributed by atoms with van der Waals surface area (Å²) in [5.74, 6) is -4.82. The van der Waals surface area contributed by atoms with Crippen LogP contribution in [0.1, 0.15) is 18.9 Å². The summed E-state index contributed by atoms with van der Waals surface area (Å²) in [6.07, 6.45) is 0.283. The summed E-state index contributed by atoms with van der Waals surface area (Å²) in [5.41, 5.74) is -0.926. The molecule has 0 aromatic heterocycles. The standard InChI is InChI=1S/C13H13F2NO3/c1-2-13(6-16-11(17)10(13)12(18)19)7-3-8(14)5-9(15)4-7/h3-5,10H,2,6H2,1H3,(H,16,17)(H,18,19). The lowest BCUT2D eigenvalue weighted by Gasteiger charge is -2.30. The fourth-order valence-corrected chi connectivity index (χ4v) is 2.69. The van der Waals surface area contributed by atoms with Crippen LogP contribution in [0.15, 0.2) is 18.2 Å². The predicted octanol–water partition coefficient (Wildman–Crippen LogP) is 1.44. The molecule has 4 nitrogen and oxygen atoms in total. The Bertz CT molecular complexity index is 526. The third kappa shape index (κ3) is 2.07. The van der Waals surface area contributed by atoms with Gasteiger partial charge in [-0.2, -0.15) is 0 Å². The Morgan fingerprint density at radius 1 is 1.42 bits per heavy atom. The van der Waals surface area contributed by atoms with Crippen LogP contribution < -0.4 is 5.32 Å². The molecule has 1 aromatic rings. The van der Waals surface area contributed by atoms with E-state index in [4.69, 9.17) is 0 Å². The molecule has 0 radical (unpaired) electrons. The lowest BCUT2D eigenvalue weighted by Crippen LogP contribution is -2.40. The summed E-state index contributed by atoms with van der Waals surface area (Å²) in [6, 6.07) is 2.89. The van der Waals surface area contributed by atoms with Crippen molar-refractivity contribution in [3.8, 4) is 0 Å². The third-order valence-electron chi connectivity index (χ3n) is 3.71. The average molecular weight is 269 g/mol. The van der Waals surface area contributed by atoms with Crippen LogP contribution in [0.4, 0.5) is 8.78 Å². The van der Waals surface area contributed by atoms with E-state index in [-0.39, 0.29) is 18.5 Å². The van der Waals surface area contributed by atoms with Crippen molar-refractivity contribution in [1.82, 2.24) is 5.32 Å². The first-order valence-electron chi connectivity index (χ1n) is 5.88. The molecule has 0 spiro atoms. The molecule has 1 fully saturated rings. The van der Waals surface area contributed by atoms with Gasteiger partial charge in [0.1, 0.15) is 17.6 Å². The molecule has 1 amide bonds. The first-order chi connectivity index (χ1) is 8.90. The van der Waals surface area contributed by atoms with Gasteiger partial charge in [0.25, 0.3) is 0 Å². The van der Waals surface area contributed by atoms with Gasteiger partial charge >= 0.3 is 5.97 Å². The summed E-state index contributed by atoms with van der Waals surface area (Å²) in [6.45, 7) is 1.75. The van der Waals surface area contributed by atoms with Gasteiger partial charge in [0.05, 0.1) is 0 Å². The number of carboxylic acids is 1. The van der Waals surface area contributed by atoms with Crippen LogP contribution in [0, 0.1) is 17.6 Å². The molecule has 2 atom stereocenters. The van der Waals surface area contributed by atoms with E-state index < -0.39 is 34.8 Å².